The zero-order chi connectivity index (χ0) is 13.8. The van der Waals surface area contributed by atoms with Gasteiger partial charge in [-0.3, -0.25) is 4.79 Å². The number of carbonyl (C=O) groups excluding carboxylic acids is 1. The predicted octanol–water partition coefficient (Wildman–Crippen LogP) is 3.52. The van der Waals surface area contributed by atoms with Crippen LogP contribution in [0.3, 0.4) is 0 Å². The van der Waals surface area contributed by atoms with Crippen LogP contribution in [-0.4, -0.2) is 13.9 Å². The Hall–Kier alpha value is -1.61. The fourth-order valence-corrected chi connectivity index (χ4v) is 4.46. The number of fused-ring (bicyclic) bond motifs is 2. The van der Waals surface area contributed by atoms with Gasteiger partial charge in [-0.1, -0.05) is 50.8 Å². The van der Waals surface area contributed by atoms with Crippen molar-refractivity contribution in [3.8, 4) is 0 Å². The minimum absolute atomic E-state index is 0.0354. The maximum atomic E-state index is 12.5. The molecular formula is C16H18O2Si. The first-order valence-electron chi connectivity index (χ1n) is 6.66. The molecule has 1 heterocycles. The van der Waals surface area contributed by atoms with Crippen LogP contribution in [0.2, 0.25) is 19.6 Å². The van der Waals surface area contributed by atoms with Gasteiger partial charge in [-0.05, 0) is 10.8 Å². The molecule has 2 nitrogen and oxygen atoms in total. The van der Waals surface area contributed by atoms with Gasteiger partial charge in [-0.15, -0.1) is 0 Å². The summed E-state index contributed by atoms with van der Waals surface area (Å²) >= 11 is 0. The fraction of sp³-hybridized carbons (Fsp3) is 0.312. The molecule has 0 amide bonds. The predicted molar refractivity (Wildman–Crippen MR) is 79.1 cm³/mol. The molecule has 1 aromatic heterocycles. The summed E-state index contributed by atoms with van der Waals surface area (Å²) in [6.07, 6.45) is 1.82. The Bertz CT molecular complexity index is 662. The maximum Gasteiger partial charge on any atom is 0.228 e. The topological polar surface area (TPSA) is 30.2 Å². The van der Waals surface area contributed by atoms with Gasteiger partial charge in [0.2, 0.25) is 5.78 Å². The third-order valence-electron chi connectivity index (χ3n) is 3.95. The Labute approximate surface area is 114 Å². The lowest BCUT2D eigenvalue weighted by atomic mass is 9.82. The molecule has 0 N–H and O–H groups in total. The van der Waals surface area contributed by atoms with Gasteiger partial charge in [0, 0.05) is 17.0 Å². The van der Waals surface area contributed by atoms with Crippen molar-refractivity contribution in [2.24, 2.45) is 0 Å². The molecule has 3 heteroatoms. The van der Waals surface area contributed by atoms with E-state index in [1.54, 1.807) is 0 Å². The smallest absolute Gasteiger partial charge is 0.228 e. The van der Waals surface area contributed by atoms with Crippen LogP contribution in [0, 0.1) is 0 Å². The average molecular weight is 270 g/mol. The van der Waals surface area contributed by atoms with Gasteiger partial charge in [0.05, 0.1) is 14.3 Å². The number of ketones is 1. The molecule has 98 valence electrons. The van der Waals surface area contributed by atoms with Crippen LogP contribution in [0.1, 0.15) is 40.1 Å². The Balaban J connectivity index is 2.27. The van der Waals surface area contributed by atoms with E-state index < -0.39 is 8.07 Å². The second kappa shape index (κ2) is 3.94. The molecule has 0 radical (unpaired) electrons. The van der Waals surface area contributed by atoms with Crippen molar-refractivity contribution in [2.75, 3.05) is 0 Å². The molecule has 0 saturated carbocycles. The lowest BCUT2D eigenvalue weighted by Crippen LogP contribution is -2.40. The number of furan rings is 1. The minimum atomic E-state index is -1.50. The van der Waals surface area contributed by atoms with Crippen LogP contribution in [0.25, 0.3) is 0 Å². The molecule has 1 aliphatic carbocycles. The van der Waals surface area contributed by atoms with Gasteiger partial charge in [0.15, 0.2) is 5.76 Å². The lowest BCUT2D eigenvalue weighted by Gasteiger charge is -2.25. The second-order valence-electron chi connectivity index (χ2n) is 6.28. The first-order chi connectivity index (χ1) is 8.91. The first kappa shape index (κ1) is 12.4. The first-order valence-corrected chi connectivity index (χ1v) is 10.2. The summed E-state index contributed by atoms with van der Waals surface area (Å²) in [6, 6.07) is 7.87. The third kappa shape index (κ3) is 1.72. The Morgan fingerprint density at radius 3 is 2.53 bits per heavy atom. The molecule has 2 aromatic rings. The van der Waals surface area contributed by atoms with Gasteiger partial charge >= 0.3 is 0 Å². The van der Waals surface area contributed by atoms with E-state index in [1.165, 1.54) is 5.19 Å². The summed E-state index contributed by atoms with van der Waals surface area (Å²) < 4.78 is 5.64. The summed E-state index contributed by atoms with van der Waals surface area (Å²) in [6.45, 7) is 9.03. The molecule has 0 aliphatic heterocycles. The van der Waals surface area contributed by atoms with E-state index in [0.29, 0.717) is 5.76 Å². The average Bonchev–Trinajstić information content (AvgIpc) is 2.81. The molecule has 0 saturated heterocycles. The van der Waals surface area contributed by atoms with E-state index in [4.69, 9.17) is 4.42 Å². The number of hydrogen-bond acceptors (Lipinski definition) is 2. The van der Waals surface area contributed by atoms with Crippen molar-refractivity contribution in [3.05, 3.63) is 53.0 Å². The van der Waals surface area contributed by atoms with Gasteiger partial charge < -0.3 is 4.42 Å². The zero-order valence-electron chi connectivity index (χ0n) is 11.8. The molecule has 0 fully saturated rings. The van der Waals surface area contributed by atoms with Crippen LogP contribution in [0.15, 0.2) is 34.9 Å². The summed E-state index contributed by atoms with van der Waals surface area (Å²) in [7, 11) is -1.50. The number of rotatable bonds is 1. The normalized spacial score (nSPS) is 18.1. The standard InChI is InChI=1S/C16H18O2Si/c1-10-11-7-5-6-8-12(11)15(17)16-14(10)13(9-18-16)19(2,3)4/h5-10H,1-4H3. The molecule has 0 bridgehead atoms. The molecule has 1 atom stereocenters. The Kier molecular flexibility index (Phi) is 2.57. The molecular weight excluding hydrogens is 252 g/mol. The van der Waals surface area contributed by atoms with Crippen molar-refractivity contribution in [3.63, 3.8) is 0 Å². The van der Waals surface area contributed by atoms with Gasteiger partial charge in [-0.2, -0.15) is 0 Å². The molecule has 3 rings (SSSR count). The third-order valence-corrected chi connectivity index (χ3v) is 5.95. The zero-order valence-corrected chi connectivity index (χ0v) is 12.8. The number of benzene rings is 1. The fourth-order valence-electron chi connectivity index (χ4n) is 2.91. The highest BCUT2D eigenvalue weighted by Gasteiger charge is 2.36. The monoisotopic (exact) mass is 270 g/mol. The highest BCUT2D eigenvalue weighted by molar-refractivity contribution is 6.89. The lowest BCUT2D eigenvalue weighted by molar-refractivity contribution is 0.100. The molecule has 0 spiro atoms. The summed E-state index contributed by atoms with van der Waals surface area (Å²) in [5.74, 6) is 0.834. The summed E-state index contributed by atoms with van der Waals surface area (Å²) in [4.78, 5) is 12.5. The van der Waals surface area contributed by atoms with Gasteiger partial charge in [0.1, 0.15) is 0 Å². The van der Waals surface area contributed by atoms with E-state index in [2.05, 4.69) is 32.6 Å². The van der Waals surface area contributed by atoms with Crippen molar-refractivity contribution in [1.29, 1.82) is 0 Å². The van der Waals surface area contributed by atoms with E-state index in [0.717, 1.165) is 16.7 Å². The Morgan fingerprint density at radius 1 is 1.16 bits per heavy atom. The van der Waals surface area contributed by atoms with Crippen LogP contribution >= 0.6 is 0 Å². The van der Waals surface area contributed by atoms with Crippen LogP contribution in [0.5, 0.6) is 0 Å². The molecule has 1 aliphatic rings. The van der Waals surface area contributed by atoms with E-state index in [1.807, 2.05) is 24.5 Å². The van der Waals surface area contributed by atoms with E-state index in [-0.39, 0.29) is 11.7 Å². The van der Waals surface area contributed by atoms with Crippen molar-refractivity contribution < 1.29 is 9.21 Å². The van der Waals surface area contributed by atoms with Crippen LogP contribution < -0.4 is 5.19 Å². The second-order valence-corrected chi connectivity index (χ2v) is 11.3. The summed E-state index contributed by atoms with van der Waals surface area (Å²) in [5, 5.41) is 1.28. The summed E-state index contributed by atoms with van der Waals surface area (Å²) in [5.41, 5.74) is 3.04. The van der Waals surface area contributed by atoms with Gasteiger partial charge in [0.25, 0.3) is 0 Å². The molecule has 1 unspecified atom stereocenters. The van der Waals surface area contributed by atoms with Crippen molar-refractivity contribution >= 4 is 19.0 Å². The highest BCUT2D eigenvalue weighted by atomic mass is 28.3. The quantitative estimate of drug-likeness (QED) is 0.742. The number of carbonyl (C=O) groups is 1. The highest BCUT2D eigenvalue weighted by Crippen LogP contribution is 2.36. The SMILES string of the molecule is CC1c2ccccc2C(=O)c2occ([Si](C)(C)C)c21. The van der Waals surface area contributed by atoms with Crippen molar-refractivity contribution in [1.82, 2.24) is 0 Å². The minimum Gasteiger partial charge on any atom is -0.461 e. The largest absolute Gasteiger partial charge is 0.461 e. The van der Waals surface area contributed by atoms with E-state index in [9.17, 15) is 4.79 Å². The van der Waals surface area contributed by atoms with Crippen LogP contribution in [0.4, 0.5) is 0 Å². The number of hydrogen-bond donors (Lipinski definition) is 0. The maximum absolute atomic E-state index is 12.5. The van der Waals surface area contributed by atoms with Crippen LogP contribution in [-0.2, 0) is 0 Å². The van der Waals surface area contributed by atoms with Crippen molar-refractivity contribution in [2.45, 2.75) is 32.5 Å². The van der Waals surface area contributed by atoms with Gasteiger partial charge in [-0.25, -0.2) is 0 Å². The Morgan fingerprint density at radius 2 is 1.84 bits per heavy atom. The molecule has 1 aromatic carbocycles. The molecule has 19 heavy (non-hydrogen) atoms. The van der Waals surface area contributed by atoms with E-state index >= 15 is 0 Å².